The fourth-order valence-corrected chi connectivity index (χ4v) is 5.78. The van der Waals surface area contributed by atoms with E-state index in [-0.39, 0.29) is 11.9 Å². The van der Waals surface area contributed by atoms with E-state index < -0.39 is 17.0 Å². The van der Waals surface area contributed by atoms with Crippen molar-refractivity contribution in [3.63, 3.8) is 0 Å². The lowest BCUT2D eigenvalue weighted by atomic mass is 9.82. The van der Waals surface area contributed by atoms with Gasteiger partial charge in [0.2, 0.25) is 0 Å². The molecule has 0 radical (unpaired) electrons. The van der Waals surface area contributed by atoms with Gasteiger partial charge in [0.25, 0.3) is 0 Å². The second-order valence-corrected chi connectivity index (χ2v) is 12.8. The Balaban J connectivity index is 1.37. The van der Waals surface area contributed by atoms with Crippen LogP contribution in [0.4, 0.5) is 0 Å². The van der Waals surface area contributed by atoms with Crippen LogP contribution in [0.1, 0.15) is 37.7 Å². The first-order chi connectivity index (χ1) is 18.7. The zero-order valence-electron chi connectivity index (χ0n) is 23.4. The van der Waals surface area contributed by atoms with Crippen molar-refractivity contribution in [2.75, 3.05) is 78.4 Å². The molecule has 2 aliphatic rings. The first kappa shape index (κ1) is 32.0. The highest BCUT2D eigenvalue weighted by Gasteiger charge is 2.22. The minimum atomic E-state index is -3.18. The summed E-state index contributed by atoms with van der Waals surface area (Å²) in [6.45, 7) is 9.86. The van der Waals surface area contributed by atoms with Gasteiger partial charge < -0.3 is 24.4 Å². The van der Waals surface area contributed by atoms with E-state index in [1.54, 1.807) is 12.1 Å². The molecule has 3 rings (SSSR count). The van der Waals surface area contributed by atoms with Gasteiger partial charge in [-0.1, -0.05) is 25.0 Å². The maximum Gasteiger partial charge on any atom is 0.451 e. The lowest BCUT2D eigenvalue weighted by Crippen LogP contribution is -2.46. The maximum atomic E-state index is 12.9. The standard InChI is InChI=1S/C27H46BN3O7S/c1-39(35,36)26-9-7-24(8-10-26)23-31-15-13-29(14-16-31)12-4-6-25(5-2-3-11-28(33)34)27(32)38-22-19-30-17-20-37-21-18-30/h7-10,25,33-34H,2-6,11-23H2,1H3. The van der Waals surface area contributed by atoms with Crippen molar-refractivity contribution in [1.29, 1.82) is 0 Å². The summed E-state index contributed by atoms with van der Waals surface area (Å²) in [6.07, 6.45) is 5.38. The van der Waals surface area contributed by atoms with Crippen molar-refractivity contribution >= 4 is 22.9 Å². The quantitative estimate of drug-likeness (QED) is 0.171. The van der Waals surface area contributed by atoms with Gasteiger partial charge in [0.05, 0.1) is 24.0 Å². The van der Waals surface area contributed by atoms with E-state index in [0.717, 1.165) is 96.9 Å². The smallest absolute Gasteiger partial charge is 0.451 e. The van der Waals surface area contributed by atoms with Crippen molar-refractivity contribution < 1.29 is 32.7 Å². The Morgan fingerprint density at radius 2 is 1.54 bits per heavy atom. The molecule has 0 saturated carbocycles. The summed E-state index contributed by atoms with van der Waals surface area (Å²) < 4.78 is 34.4. The molecule has 1 atom stereocenters. The Bertz CT molecular complexity index is 951. The highest BCUT2D eigenvalue weighted by Crippen LogP contribution is 2.19. The number of unbranched alkanes of at least 4 members (excludes halogenated alkanes) is 1. The fourth-order valence-electron chi connectivity index (χ4n) is 5.15. The monoisotopic (exact) mass is 567 g/mol. The predicted molar refractivity (Wildman–Crippen MR) is 151 cm³/mol. The van der Waals surface area contributed by atoms with E-state index >= 15 is 0 Å². The first-order valence-electron chi connectivity index (χ1n) is 14.3. The van der Waals surface area contributed by atoms with Gasteiger partial charge >= 0.3 is 13.1 Å². The Morgan fingerprint density at radius 3 is 2.18 bits per heavy atom. The van der Waals surface area contributed by atoms with Gasteiger partial charge in [-0.2, -0.15) is 0 Å². The summed E-state index contributed by atoms with van der Waals surface area (Å²) in [5.41, 5.74) is 1.11. The number of carbonyl (C=O) groups is 1. The van der Waals surface area contributed by atoms with E-state index in [1.165, 1.54) is 6.26 Å². The van der Waals surface area contributed by atoms with Crippen LogP contribution >= 0.6 is 0 Å². The molecule has 1 unspecified atom stereocenters. The average Bonchev–Trinajstić information content (AvgIpc) is 2.91. The Morgan fingerprint density at radius 1 is 0.923 bits per heavy atom. The molecule has 2 aliphatic heterocycles. The molecular formula is C27H46BN3O7S. The first-order valence-corrected chi connectivity index (χ1v) is 16.2. The van der Waals surface area contributed by atoms with Crippen LogP contribution in [0.15, 0.2) is 29.2 Å². The molecule has 0 spiro atoms. The van der Waals surface area contributed by atoms with Crippen molar-refractivity contribution in [3.8, 4) is 0 Å². The normalized spacial score (nSPS) is 18.6. The Kier molecular flexibility index (Phi) is 13.7. The third-order valence-electron chi connectivity index (χ3n) is 7.60. The van der Waals surface area contributed by atoms with Crippen LogP contribution in [0.25, 0.3) is 0 Å². The van der Waals surface area contributed by atoms with Crippen molar-refractivity contribution in [2.45, 2.75) is 49.9 Å². The molecule has 0 aliphatic carbocycles. The summed E-state index contributed by atoms with van der Waals surface area (Å²) in [4.78, 5) is 20.3. The zero-order valence-corrected chi connectivity index (χ0v) is 24.2. The predicted octanol–water partition coefficient (Wildman–Crippen LogP) is 1.12. The summed E-state index contributed by atoms with van der Waals surface area (Å²) in [7, 11) is -4.47. The van der Waals surface area contributed by atoms with Crippen LogP contribution in [-0.4, -0.2) is 125 Å². The van der Waals surface area contributed by atoms with E-state index in [9.17, 15) is 13.2 Å². The molecule has 1 aromatic carbocycles. The molecule has 0 bridgehead atoms. The molecule has 220 valence electrons. The van der Waals surface area contributed by atoms with Gasteiger partial charge in [0, 0.05) is 58.6 Å². The Hall–Kier alpha value is -1.54. The molecule has 0 amide bonds. The molecule has 10 nitrogen and oxygen atoms in total. The van der Waals surface area contributed by atoms with Crippen LogP contribution < -0.4 is 0 Å². The van der Waals surface area contributed by atoms with Crippen LogP contribution in [-0.2, 0) is 30.7 Å². The number of rotatable bonds is 16. The highest BCUT2D eigenvalue weighted by atomic mass is 32.2. The second kappa shape index (κ2) is 16.7. The van der Waals surface area contributed by atoms with Crippen molar-refractivity contribution in [1.82, 2.24) is 14.7 Å². The summed E-state index contributed by atoms with van der Waals surface area (Å²) in [5, 5.41) is 18.2. The van der Waals surface area contributed by atoms with Crippen LogP contribution in [0.5, 0.6) is 0 Å². The number of carbonyl (C=O) groups excluding carboxylic acids is 1. The fraction of sp³-hybridized carbons (Fsp3) is 0.741. The van der Waals surface area contributed by atoms with E-state index in [4.69, 9.17) is 19.5 Å². The van der Waals surface area contributed by atoms with Crippen LogP contribution in [0, 0.1) is 5.92 Å². The SMILES string of the molecule is CS(=O)(=O)c1ccc(CN2CCN(CCCC(CCCCB(O)O)C(=O)OCCN3CCOCC3)CC2)cc1. The van der Waals surface area contributed by atoms with Crippen LogP contribution in [0.3, 0.4) is 0 Å². The maximum absolute atomic E-state index is 12.9. The molecule has 2 heterocycles. The molecule has 39 heavy (non-hydrogen) atoms. The number of benzene rings is 1. The number of nitrogens with zero attached hydrogens (tertiary/aromatic N) is 3. The van der Waals surface area contributed by atoms with Gasteiger partial charge in [-0.15, -0.1) is 0 Å². The summed E-state index contributed by atoms with van der Waals surface area (Å²) >= 11 is 0. The number of hydrogen-bond acceptors (Lipinski definition) is 10. The number of morpholine rings is 1. The molecular weight excluding hydrogens is 521 g/mol. The van der Waals surface area contributed by atoms with Gasteiger partial charge in [0.15, 0.2) is 9.84 Å². The van der Waals surface area contributed by atoms with E-state index in [1.807, 2.05) is 12.1 Å². The topological polar surface area (TPSA) is 120 Å². The average molecular weight is 568 g/mol. The second-order valence-electron chi connectivity index (χ2n) is 10.8. The third kappa shape index (κ3) is 12.2. The third-order valence-corrected chi connectivity index (χ3v) is 8.73. The van der Waals surface area contributed by atoms with Crippen molar-refractivity contribution in [2.24, 2.45) is 5.92 Å². The largest absolute Gasteiger partial charge is 0.464 e. The molecule has 2 fully saturated rings. The number of sulfone groups is 1. The van der Waals surface area contributed by atoms with E-state index in [0.29, 0.717) is 30.7 Å². The highest BCUT2D eigenvalue weighted by molar-refractivity contribution is 7.90. The number of ether oxygens (including phenoxy) is 2. The number of esters is 1. The molecule has 12 heteroatoms. The summed E-state index contributed by atoms with van der Waals surface area (Å²) in [6, 6.07) is 7.14. The minimum absolute atomic E-state index is 0.139. The van der Waals surface area contributed by atoms with Gasteiger partial charge in [-0.05, 0) is 49.8 Å². The molecule has 2 N–H and O–H groups in total. The minimum Gasteiger partial charge on any atom is -0.464 e. The van der Waals surface area contributed by atoms with Gasteiger partial charge in [-0.3, -0.25) is 14.6 Å². The van der Waals surface area contributed by atoms with Gasteiger partial charge in [-0.25, -0.2) is 8.42 Å². The molecule has 1 aromatic rings. The molecule has 2 saturated heterocycles. The van der Waals surface area contributed by atoms with E-state index in [2.05, 4.69) is 14.7 Å². The lowest BCUT2D eigenvalue weighted by molar-refractivity contribution is -0.149. The van der Waals surface area contributed by atoms with Gasteiger partial charge in [0.1, 0.15) is 6.61 Å². The number of piperazine rings is 1. The lowest BCUT2D eigenvalue weighted by Gasteiger charge is -2.35. The number of hydrogen-bond donors (Lipinski definition) is 2. The van der Waals surface area contributed by atoms with Crippen molar-refractivity contribution in [3.05, 3.63) is 29.8 Å². The van der Waals surface area contributed by atoms with Crippen LogP contribution in [0.2, 0.25) is 6.32 Å². The summed E-state index contributed by atoms with van der Waals surface area (Å²) in [5.74, 6) is -0.304. The molecule has 0 aromatic heterocycles. The Labute approximate surface area is 234 Å². The zero-order chi connectivity index (χ0) is 28.1.